The van der Waals surface area contributed by atoms with Crippen LogP contribution in [0.1, 0.15) is 11.1 Å². The number of hydrogen-bond donors (Lipinski definition) is 1. The minimum absolute atomic E-state index is 0.651. The molecule has 3 aromatic rings. The smallest absolute Gasteiger partial charge is 0.174 e. The lowest BCUT2D eigenvalue weighted by Gasteiger charge is -2.26. The Balaban J connectivity index is 1.76. The van der Waals surface area contributed by atoms with Gasteiger partial charge in [0.1, 0.15) is 11.5 Å². The first-order valence-corrected chi connectivity index (χ1v) is 9.30. The molecule has 0 spiro atoms. The summed E-state index contributed by atoms with van der Waals surface area (Å²) >= 11 is 5.71. The molecular formula is C22H23N3O2S. The van der Waals surface area contributed by atoms with E-state index in [2.05, 4.69) is 15.2 Å². The first-order chi connectivity index (χ1) is 13.7. The van der Waals surface area contributed by atoms with Gasteiger partial charge < -0.3 is 19.7 Å². The van der Waals surface area contributed by atoms with E-state index in [1.54, 1.807) is 26.6 Å². The van der Waals surface area contributed by atoms with Crippen LogP contribution in [-0.4, -0.2) is 29.2 Å². The molecule has 1 heterocycles. The van der Waals surface area contributed by atoms with Gasteiger partial charge in [-0.2, -0.15) is 0 Å². The molecule has 3 rings (SSSR count). The average Bonchev–Trinajstić information content (AvgIpc) is 2.75. The molecule has 0 aliphatic heterocycles. The van der Waals surface area contributed by atoms with Crippen molar-refractivity contribution < 1.29 is 9.47 Å². The molecule has 2 aromatic carbocycles. The van der Waals surface area contributed by atoms with Gasteiger partial charge in [-0.1, -0.05) is 12.1 Å². The molecule has 5 nitrogen and oxygen atoms in total. The van der Waals surface area contributed by atoms with Crippen molar-refractivity contribution in [1.29, 1.82) is 0 Å². The van der Waals surface area contributed by atoms with Gasteiger partial charge in [0.2, 0.25) is 0 Å². The van der Waals surface area contributed by atoms with Crippen molar-refractivity contribution in [2.75, 3.05) is 19.5 Å². The molecule has 0 amide bonds. The summed E-state index contributed by atoms with van der Waals surface area (Å²) in [6.45, 7) is 1.35. The number of methoxy groups -OCH3 is 2. The largest absolute Gasteiger partial charge is 0.497 e. The van der Waals surface area contributed by atoms with Gasteiger partial charge in [-0.15, -0.1) is 0 Å². The number of aromatic nitrogens is 1. The summed E-state index contributed by atoms with van der Waals surface area (Å²) in [6.07, 6.45) is 3.59. The molecule has 1 aromatic heterocycles. The molecule has 0 fully saturated rings. The van der Waals surface area contributed by atoms with Gasteiger partial charge in [0, 0.05) is 31.2 Å². The highest BCUT2D eigenvalue weighted by atomic mass is 32.1. The molecule has 0 bridgehead atoms. The van der Waals surface area contributed by atoms with Gasteiger partial charge in [-0.3, -0.25) is 4.98 Å². The number of nitrogens with zero attached hydrogens (tertiary/aromatic N) is 2. The monoisotopic (exact) mass is 393 g/mol. The second-order valence-electron chi connectivity index (χ2n) is 6.22. The highest BCUT2D eigenvalue weighted by Crippen LogP contribution is 2.18. The van der Waals surface area contributed by atoms with E-state index in [0.29, 0.717) is 18.2 Å². The zero-order valence-electron chi connectivity index (χ0n) is 16.0. The zero-order valence-corrected chi connectivity index (χ0v) is 16.8. The molecule has 0 aliphatic rings. The Kier molecular flexibility index (Phi) is 6.81. The third kappa shape index (κ3) is 5.44. The van der Waals surface area contributed by atoms with Crippen molar-refractivity contribution in [2.24, 2.45) is 0 Å². The van der Waals surface area contributed by atoms with Gasteiger partial charge in [0.15, 0.2) is 5.11 Å². The number of nitrogens with one attached hydrogen (secondary N) is 1. The van der Waals surface area contributed by atoms with E-state index in [4.69, 9.17) is 21.7 Å². The fraction of sp³-hybridized carbons (Fsp3) is 0.182. The second kappa shape index (κ2) is 9.71. The van der Waals surface area contributed by atoms with E-state index in [0.717, 1.165) is 28.3 Å². The Hall–Kier alpha value is -3.12. The minimum atomic E-state index is 0.651. The van der Waals surface area contributed by atoms with Crippen LogP contribution in [0.2, 0.25) is 0 Å². The summed E-state index contributed by atoms with van der Waals surface area (Å²) in [5.74, 6) is 1.65. The third-order valence-electron chi connectivity index (χ3n) is 4.28. The molecule has 28 heavy (non-hydrogen) atoms. The molecule has 6 heteroatoms. The maximum atomic E-state index is 5.71. The van der Waals surface area contributed by atoms with Crippen molar-refractivity contribution >= 4 is 23.0 Å². The minimum Gasteiger partial charge on any atom is -0.497 e. The van der Waals surface area contributed by atoms with E-state index < -0.39 is 0 Å². The van der Waals surface area contributed by atoms with Gasteiger partial charge >= 0.3 is 0 Å². The van der Waals surface area contributed by atoms with Crippen LogP contribution in [-0.2, 0) is 13.1 Å². The van der Waals surface area contributed by atoms with Crippen LogP contribution in [0.15, 0.2) is 73.1 Å². The second-order valence-corrected chi connectivity index (χ2v) is 6.60. The number of benzene rings is 2. The maximum Gasteiger partial charge on any atom is 0.174 e. The van der Waals surface area contributed by atoms with E-state index in [9.17, 15) is 0 Å². The first kappa shape index (κ1) is 19.6. The average molecular weight is 394 g/mol. The maximum absolute atomic E-state index is 5.71. The number of anilines is 1. The highest BCUT2D eigenvalue weighted by molar-refractivity contribution is 7.80. The van der Waals surface area contributed by atoms with Gasteiger partial charge in [0.25, 0.3) is 0 Å². The van der Waals surface area contributed by atoms with Crippen LogP contribution in [0.3, 0.4) is 0 Å². The molecule has 0 radical (unpaired) electrons. The highest BCUT2D eigenvalue weighted by Gasteiger charge is 2.12. The third-order valence-corrected chi connectivity index (χ3v) is 4.64. The van der Waals surface area contributed by atoms with E-state index in [1.807, 2.05) is 60.7 Å². The van der Waals surface area contributed by atoms with Crippen LogP contribution in [0.4, 0.5) is 5.69 Å². The number of thiocarbonyl (C=S) groups is 1. The van der Waals surface area contributed by atoms with E-state index >= 15 is 0 Å². The van der Waals surface area contributed by atoms with Crippen LogP contribution in [0.25, 0.3) is 0 Å². The van der Waals surface area contributed by atoms with Crippen LogP contribution >= 0.6 is 12.2 Å². The van der Waals surface area contributed by atoms with Crippen molar-refractivity contribution in [3.8, 4) is 11.5 Å². The first-order valence-electron chi connectivity index (χ1n) is 8.90. The predicted molar refractivity (Wildman–Crippen MR) is 116 cm³/mol. The summed E-state index contributed by atoms with van der Waals surface area (Å²) in [7, 11) is 3.32. The molecular weight excluding hydrogens is 370 g/mol. The van der Waals surface area contributed by atoms with Gasteiger partial charge in [-0.05, 0) is 71.9 Å². The van der Waals surface area contributed by atoms with Gasteiger partial charge in [-0.25, -0.2) is 0 Å². The molecule has 0 aliphatic carbocycles. The molecule has 0 atom stereocenters. The lowest BCUT2D eigenvalue weighted by Crippen LogP contribution is -2.33. The fourth-order valence-corrected chi connectivity index (χ4v) is 2.98. The molecule has 0 saturated carbocycles. The Morgan fingerprint density at radius 3 is 1.86 bits per heavy atom. The standard InChI is InChI=1S/C22H23N3O2S/c1-26-20-7-3-17(4-8-20)15-25(16-18-11-13-23-14-12-18)22(28)24-19-5-9-21(27-2)10-6-19/h3-14H,15-16H2,1-2H3,(H,24,28). The van der Waals surface area contributed by atoms with Gasteiger partial charge in [0.05, 0.1) is 14.2 Å². The van der Waals surface area contributed by atoms with Crippen LogP contribution < -0.4 is 14.8 Å². The Morgan fingerprint density at radius 2 is 1.32 bits per heavy atom. The van der Waals surface area contributed by atoms with Crippen LogP contribution in [0, 0.1) is 0 Å². The van der Waals surface area contributed by atoms with Crippen molar-refractivity contribution in [1.82, 2.24) is 9.88 Å². The summed E-state index contributed by atoms with van der Waals surface area (Å²) in [5.41, 5.74) is 3.20. The molecule has 1 N–H and O–H groups in total. The number of rotatable bonds is 7. The quantitative estimate of drug-likeness (QED) is 0.597. The SMILES string of the molecule is COc1ccc(CN(Cc2ccncc2)C(=S)Nc2ccc(OC)cc2)cc1. The summed E-state index contributed by atoms with van der Waals surface area (Å²) in [6, 6.07) is 19.7. The van der Waals surface area contributed by atoms with E-state index in [-0.39, 0.29) is 0 Å². The topological polar surface area (TPSA) is 46.6 Å². The lowest BCUT2D eigenvalue weighted by molar-refractivity contribution is 0.407. The summed E-state index contributed by atoms with van der Waals surface area (Å²) in [5, 5.41) is 3.97. The summed E-state index contributed by atoms with van der Waals surface area (Å²) in [4.78, 5) is 6.21. The Labute approximate surface area is 170 Å². The summed E-state index contributed by atoms with van der Waals surface area (Å²) < 4.78 is 10.5. The lowest BCUT2D eigenvalue weighted by atomic mass is 10.2. The van der Waals surface area contributed by atoms with E-state index in [1.165, 1.54) is 0 Å². The normalized spacial score (nSPS) is 10.2. The molecule has 0 unspecified atom stereocenters. The molecule has 0 saturated heterocycles. The number of hydrogen-bond acceptors (Lipinski definition) is 4. The number of ether oxygens (including phenoxy) is 2. The van der Waals surface area contributed by atoms with Crippen molar-refractivity contribution in [2.45, 2.75) is 13.1 Å². The zero-order chi connectivity index (χ0) is 19.8. The predicted octanol–water partition coefficient (Wildman–Crippen LogP) is 4.50. The van der Waals surface area contributed by atoms with Crippen molar-refractivity contribution in [3.05, 3.63) is 84.2 Å². The fourth-order valence-electron chi connectivity index (χ4n) is 2.74. The Morgan fingerprint density at radius 1 is 0.821 bits per heavy atom. The molecule has 144 valence electrons. The Bertz CT molecular complexity index is 884. The van der Waals surface area contributed by atoms with Crippen molar-refractivity contribution in [3.63, 3.8) is 0 Å². The van der Waals surface area contributed by atoms with Crippen LogP contribution in [0.5, 0.6) is 11.5 Å². The number of pyridine rings is 1.